The van der Waals surface area contributed by atoms with Crippen LogP contribution in [-0.2, 0) is 21.2 Å². The van der Waals surface area contributed by atoms with Crippen LogP contribution in [0.2, 0.25) is 0 Å². The Kier molecular flexibility index (Phi) is 5.33. The second-order valence-electron chi connectivity index (χ2n) is 8.16. The van der Waals surface area contributed by atoms with E-state index in [2.05, 4.69) is 17.4 Å². The van der Waals surface area contributed by atoms with E-state index in [1.165, 1.54) is 32.6 Å². The largest absolute Gasteiger partial charge is 0.379 e. The van der Waals surface area contributed by atoms with Gasteiger partial charge >= 0.3 is 0 Å². The fraction of sp³-hybridized carbons (Fsp3) is 0.240. The number of benzene rings is 3. The monoisotopic (exact) mass is 448 g/mol. The van der Waals surface area contributed by atoms with Gasteiger partial charge in [0, 0.05) is 24.3 Å². The molecule has 164 valence electrons. The number of nitrogens with one attached hydrogen (secondary N) is 1. The first-order valence-corrected chi connectivity index (χ1v) is 12.1. The minimum Gasteiger partial charge on any atom is -0.379 e. The molecule has 1 amide bonds. The second kappa shape index (κ2) is 8.16. The summed E-state index contributed by atoms with van der Waals surface area (Å²) >= 11 is 0. The molecular weight excluding hydrogens is 424 g/mol. The van der Waals surface area contributed by atoms with Crippen LogP contribution >= 0.6 is 0 Å². The number of aryl methyl sites for hydroxylation is 1. The first-order chi connectivity index (χ1) is 15.4. The molecule has 1 saturated heterocycles. The normalized spacial score (nSPS) is 15.8. The summed E-state index contributed by atoms with van der Waals surface area (Å²) in [7, 11) is -3.69. The van der Waals surface area contributed by atoms with Crippen LogP contribution in [0.1, 0.15) is 27.0 Å². The lowest BCUT2D eigenvalue weighted by Crippen LogP contribution is -2.40. The van der Waals surface area contributed by atoms with Crippen LogP contribution in [0.15, 0.2) is 65.6 Å². The zero-order valence-corrected chi connectivity index (χ0v) is 18.6. The fourth-order valence-electron chi connectivity index (χ4n) is 4.37. The number of carbonyl (C=O) groups excluding carboxylic acids is 1. The van der Waals surface area contributed by atoms with Crippen molar-refractivity contribution in [3.05, 3.63) is 82.9 Å². The van der Waals surface area contributed by atoms with Gasteiger partial charge < -0.3 is 10.1 Å². The summed E-state index contributed by atoms with van der Waals surface area (Å²) in [6, 6.07) is 19.0. The van der Waals surface area contributed by atoms with Crippen LogP contribution in [-0.4, -0.2) is 44.9 Å². The summed E-state index contributed by atoms with van der Waals surface area (Å²) in [5.41, 5.74) is 6.49. The molecule has 1 aliphatic carbocycles. The minimum absolute atomic E-state index is 0.163. The number of sulfonamides is 1. The highest BCUT2D eigenvalue weighted by atomic mass is 32.2. The van der Waals surface area contributed by atoms with E-state index in [4.69, 9.17) is 4.74 Å². The molecule has 1 fully saturated rings. The lowest BCUT2D eigenvalue weighted by molar-refractivity contribution is 0.0730. The quantitative estimate of drug-likeness (QED) is 0.515. The van der Waals surface area contributed by atoms with Gasteiger partial charge in [-0.1, -0.05) is 36.4 Å². The van der Waals surface area contributed by atoms with Crippen molar-refractivity contribution in [2.45, 2.75) is 18.2 Å². The molecule has 0 bridgehead atoms. The molecule has 1 N–H and O–H groups in total. The van der Waals surface area contributed by atoms with Gasteiger partial charge in [-0.3, -0.25) is 4.79 Å². The van der Waals surface area contributed by atoms with Crippen molar-refractivity contribution in [3.63, 3.8) is 0 Å². The lowest BCUT2D eigenvalue weighted by Gasteiger charge is -2.26. The highest BCUT2D eigenvalue weighted by Crippen LogP contribution is 2.37. The predicted octanol–water partition coefficient (Wildman–Crippen LogP) is 3.84. The van der Waals surface area contributed by atoms with Gasteiger partial charge in [-0.2, -0.15) is 4.31 Å². The molecule has 0 atom stereocenters. The van der Waals surface area contributed by atoms with Crippen molar-refractivity contribution < 1.29 is 17.9 Å². The van der Waals surface area contributed by atoms with E-state index in [1.807, 2.05) is 30.3 Å². The number of rotatable bonds is 4. The molecule has 1 aliphatic heterocycles. The number of morpholine rings is 1. The molecule has 0 unspecified atom stereocenters. The van der Waals surface area contributed by atoms with Crippen molar-refractivity contribution >= 4 is 21.6 Å². The first-order valence-electron chi connectivity index (χ1n) is 10.6. The average molecular weight is 449 g/mol. The molecule has 3 aromatic carbocycles. The maximum atomic E-state index is 13.1. The number of anilines is 1. The Morgan fingerprint density at radius 3 is 2.50 bits per heavy atom. The SMILES string of the molecule is Cc1ccc(C(=O)Nc2ccc3c(c2)Cc2ccccc2-3)cc1S(=O)(=O)N1CCOCC1. The minimum atomic E-state index is -3.69. The number of carbonyl (C=O) groups is 1. The lowest BCUT2D eigenvalue weighted by atomic mass is 10.1. The third-order valence-corrected chi connectivity index (χ3v) is 8.13. The third-order valence-electron chi connectivity index (χ3n) is 6.09. The van der Waals surface area contributed by atoms with Gasteiger partial charge in [-0.15, -0.1) is 0 Å². The molecule has 6 nitrogen and oxygen atoms in total. The van der Waals surface area contributed by atoms with Crippen LogP contribution in [0.25, 0.3) is 11.1 Å². The summed E-state index contributed by atoms with van der Waals surface area (Å²) in [5, 5.41) is 2.93. The van der Waals surface area contributed by atoms with E-state index in [-0.39, 0.29) is 10.8 Å². The standard InChI is InChI=1S/C25H24N2O4S/c1-17-6-7-19(16-24(17)32(29,30)27-10-12-31-13-11-27)25(28)26-21-8-9-23-20(15-21)14-18-4-2-3-5-22(18)23/h2-9,15-16H,10-14H2,1H3,(H,26,28). The molecular formula is C25H24N2O4S. The molecule has 0 aromatic heterocycles. The summed E-state index contributed by atoms with van der Waals surface area (Å²) < 4.78 is 32.9. The van der Waals surface area contributed by atoms with Gasteiger partial charge in [0.05, 0.1) is 18.1 Å². The number of ether oxygens (including phenoxy) is 1. The van der Waals surface area contributed by atoms with E-state index >= 15 is 0 Å². The Balaban J connectivity index is 1.39. The van der Waals surface area contributed by atoms with Gasteiger partial charge in [-0.05, 0) is 65.4 Å². The highest BCUT2D eigenvalue weighted by Gasteiger charge is 2.28. The molecule has 2 aliphatic rings. The topological polar surface area (TPSA) is 75.7 Å². The van der Waals surface area contributed by atoms with Gasteiger partial charge in [-0.25, -0.2) is 8.42 Å². The summed E-state index contributed by atoms with van der Waals surface area (Å²) in [4.78, 5) is 13.1. The predicted molar refractivity (Wildman–Crippen MR) is 123 cm³/mol. The van der Waals surface area contributed by atoms with Gasteiger partial charge in [0.25, 0.3) is 5.91 Å². The van der Waals surface area contributed by atoms with E-state index in [1.54, 1.807) is 19.1 Å². The second-order valence-corrected chi connectivity index (χ2v) is 10.1. The smallest absolute Gasteiger partial charge is 0.255 e. The van der Waals surface area contributed by atoms with Crippen LogP contribution in [0.5, 0.6) is 0 Å². The Morgan fingerprint density at radius 1 is 0.938 bits per heavy atom. The number of fused-ring (bicyclic) bond motifs is 3. The molecule has 3 aromatic rings. The molecule has 32 heavy (non-hydrogen) atoms. The van der Waals surface area contributed by atoms with Crippen molar-refractivity contribution in [1.82, 2.24) is 4.31 Å². The molecule has 5 rings (SSSR count). The van der Waals surface area contributed by atoms with Gasteiger partial charge in [0.2, 0.25) is 10.0 Å². The number of hydrogen-bond donors (Lipinski definition) is 1. The molecule has 1 heterocycles. The van der Waals surface area contributed by atoms with Crippen LogP contribution in [0, 0.1) is 6.92 Å². The van der Waals surface area contributed by atoms with Crippen molar-refractivity contribution in [2.75, 3.05) is 31.6 Å². The summed E-state index contributed by atoms with van der Waals surface area (Å²) in [5.74, 6) is -0.334. The summed E-state index contributed by atoms with van der Waals surface area (Å²) in [6.45, 7) is 3.12. The van der Waals surface area contributed by atoms with E-state index in [0.717, 1.165) is 6.42 Å². The number of nitrogens with zero attached hydrogens (tertiary/aromatic N) is 1. The van der Waals surface area contributed by atoms with E-state index in [9.17, 15) is 13.2 Å². The van der Waals surface area contributed by atoms with Crippen molar-refractivity contribution in [3.8, 4) is 11.1 Å². The molecule has 0 spiro atoms. The fourth-order valence-corrected chi connectivity index (χ4v) is 6.03. The van der Waals surface area contributed by atoms with Crippen molar-refractivity contribution in [1.29, 1.82) is 0 Å². The van der Waals surface area contributed by atoms with Gasteiger partial charge in [0.15, 0.2) is 0 Å². The van der Waals surface area contributed by atoms with Crippen LogP contribution < -0.4 is 5.32 Å². The maximum absolute atomic E-state index is 13.1. The first kappa shape index (κ1) is 20.9. The average Bonchev–Trinajstić information content (AvgIpc) is 3.17. The Labute approximate surface area is 187 Å². The number of amides is 1. The highest BCUT2D eigenvalue weighted by molar-refractivity contribution is 7.89. The Bertz CT molecular complexity index is 1310. The Hall–Kier alpha value is -3.00. The van der Waals surface area contributed by atoms with Crippen LogP contribution in [0.3, 0.4) is 0 Å². The summed E-state index contributed by atoms with van der Waals surface area (Å²) in [6.07, 6.45) is 0.835. The zero-order chi connectivity index (χ0) is 22.3. The van der Waals surface area contributed by atoms with Crippen LogP contribution in [0.4, 0.5) is 5.69 Å². The maximum Gasteiger partial charge on any atom is 0.255 e. The van der Waals surface area contributed by atoms with Gasteiger partial charge in [0.1, 0.15) is 0 Å². The molecule has 0 radical (unpaired) electrons. The zero-order valence-electron chi connectivity index (χ0n) is 17.8. The van der Waals surface area contributed by atoms with E-state index < -0.39 is 10.0 Å². The number of hydrogen-bond acceptors (Lipinski definition) is 4. The molecule has 7 heteroatoms. The Morgan fingerprint density at radius 2 is 1.69 bits per heavy atom. The van der Waals surface area contributed by atoms with E-state index in [0.29, 0.717) is 43.1 Å². The van der Waals surface area contributed by atoms with Crippen molar-refractivity contribution in [2.24, 2.45) is 0 Å². The third kappa shape index (κ3) is 3.72. The molecule has 0 saturated carbocycles.